The van der Waals surface area contributed by atoms with Crippen LogP contribution in [0.4, 0.5) is 0 Å². The van der Waals surface area contributed by atoms with Crippen LogP contribution in [0.3, 0.4) is 0 Å². The van der Waals surface area contributed by atoms with Crippen LogP contribution in [0, 0.1) is 5.92 Å². The van der Waals surface area contributed by atoms with Gasteiger partial charge >= 0.3 is 0 Å². The van der Waals surface area contributed by atoms with E-state index in [1.807, 2.05) is 23.5 Å². The molecule has 0 saturated heterocycles. The number of benzene rings is 1. The Kier molecular flexibility index (Phi) is 5.55. The third kappa shape index (κ3) is 3.78. The van der Waals surface area contributed by atoms with E-state index in [0.717, 1.165) is 41.4 Å². The molecule has 1 aliphatic carbocycles. The zero-order valence-corrected chi connectivity index (χ0v) is 17.7. The molecule has 1 unspecified atom stereocenters. The van der Waals surface area contributed by atoms with E-state index in [9.17, 15) is 0 Å². The Morgan fingerprint density at radius 1 is 1.33 bits per heavy atom. The standard InChI is InChI=1S/C21H25N3OS2/c1-4-24-20(18-13-26-19-10-14(2)8-9-17(18)19)22-23-21(24)27-12-15-6-5-7-16(11-15)25-3/h5-7,11,13-14H,4,8-10,12H2,1-3H3. The van der Waals surface area contributed by atoms with E-state index in [2.05, 4.69) is 46.1 Å². The van der Waals surface area contributed by atoms with Crippen LogP contribution >= 0.6 is 23.1 Å². The van der Waals surface area contributed by atoms with Crippen LogP contribution < -0.4 is 4.74 Å². The predicted molar refractivity (Wildman–Crippen MR) is 113 cm³/mol. The minimum absolute atomic E-state index is 0.794. The fourth-order valence-corrected chi connectivity index (χ4v) is 5.84. The summed E-state index contributed by atoms with van der Waals surface area (Å²) in [5.74, 6) is 3.57. The van der Waals surface area contributed by atoms with Gasteiger partial charge in [-0.25, -0.2) is 0 Å². The summed E-state index contributed by atoms with van der Waals surface area (Å²) in [6, 6.07) is 8.21. The first-order chi connectivity index (χ1) is 13.2. The summed E-state index contributed by atoms with van der Waals surface area (Å²) in [6.07, 6.45) is 3.64. The minimum Gasteiger partial charge on any atom is -0.497 e. The number of hydrogen-bond acceptors (Lipinski definition) is 5. The maximum absolute atomic E-state index is 5.32. The van der Waals surface area contributed by atoms with Crippen molar-refractivity contribution in [2.45, 2.75) is 50.6 Å². The molecule has 3 aromatic rings. The Labute approximate surface area is 169 Å². The molecule has 0 radical (unpaired) electrons. The molecule has 0 fully saturated rings. The van der Waals surface area contributed by atoms with E-state index in [1.165, 1.54) is 29.5 Å². The van der Waals surface area contributed by atoms with E-state index in [4.69, 9.17) is 4.74 Å². The first-order valence-electron chi connectivity index (χ1n) is 9.48. The quantitative estimate of drug-likeness (QED) is 0.517. The molecule has 2 heterocycles. The van der Waals surface area contributed by atoms with Crippen molar-refractivity contribution in [3.05, 3.63) is 45.6 Å². The lowest BCUT2D eigenvalue weighted by molar-refractivity contribution is 0.414. The summed E-state index contributed by atoms with van der Waals surface area (Å²) >= 11 is 3.63. The zero-order chi connectivity index (χ0) is 18.8. The number of ether oxygens (including phenoxy) is 1. The lowest BCUT2D eigenvalue weighted by Gasteiger charge is -2.19. The van der Waals surface area contributed by atoms with E-state index >= 15 is 0 Å². The molecule has 6 heteroatoms. The Morgan fingerprint density at radius 2 is 2.22 bits per heavy atom. The van der Waals surface area contributed by atoms with Crippen LogP contribution in [0.15, 0.2) is 34.8 Å². The predicted octanol–water partition coefficient (Wildman–Crippen LogP) is 5.45. The summed E-state index contributed by atoms with van der Waals surface area (Å²) in [4.78, 5) is 1.54. The first kappa shape index (κ1) is 18.6. The molecular weight excluding hydrogens is 374 g/mol. The highest BCUT2D eigenvalue weighted by molar-refractivity contribution is 7.98. The normalized spacial score (nSPS) is 16.3. The molecule has 27 heavy (non-hydrogen) atoms. The average molecular weight is 400 g/mol. The van der Waals surface area contributed by atoms with Crippen LogP contribution in [0.5, 0.6) is 5.75 Å². The molecule has 0 spiro atoms. The van der Waals surface area contributed by atoms with Gasteiger partial charge in [-0.3, -0.25) is 0 Å². The highest BCUT2D eigenvalue weighted by atomic mass is 32.2. The van der Waals surface area contributed by atoms with Gasteiger partial charge in [0, 0.05) is 28.1 Å². The largest absolute Gasteiger partial charge is 0.497 e. The molecule has 2 aromatic heterocycles. The van der Waals surface area contributed by atoms with E-state index in [1.54, 1.807) is 23.7 Å². The van der Waals surface area contributed by atoms with Gasteiger partial charge in [0.15, 0.2) is 11.0 Å². The second-order valence-electron chi connectivity index (χ2n) is 7.09. The van der Waals surface area contributed by atoms with Crippen molar-refractivity contribution < 1.29 is 4.74 Å². The number of thioether (sulfide) groups is 1. The highest BCUT2D eigenvalue weighted by Gasteiger charge is 2.24. The SMILES string of the molecule is CCn1c(SCc2cccc(OC)c2)nnc1-c1csc2c1CCC(C)C2. The molecule has 4 nitrogen and oxygen atoms in total. The molecule has 0 saturated carbocycles. The van der Waals surface area contributed by atoms with Crippen LogP contribution in [-0.4, -0.2) is 21.9 Å². The lowest BCUT2D eigenvalue weighted by Crippen LogP contribution is -2.10. The van der Waals surface area contributed by atoms with Gasteiger partial charge < -0.3 is 9.30 Å². The van der Waals surface area contributed by atoms with Crippen molar-refractivity contribution in [1.82, 2.24) is 14.8 Å². The topological polar surface area (TPSA) is 39.9 Å². The molecule has 4 rings (SSSR count). The van der Waals surface area contributed by atoms with Gasteiger partial charge in [0.05, 0.1) is 7.11 Å². The second kappa shape index (κ2) is 8.07. The summed E-state index contributed by atoms with van der Waals surface area (Å²) < 4.78 is 7.58. The number of aromatic nitrogens is 3. The van der Waals surface area contributed by atoms with E-state index < -0.39 is 0 Å². The van der Waals surface area contributed by atoms with Gasteiger partial charge in [0.2, 0.25) is 0 Å². The van der Waals surface area contributed by atoms with Crippen molar-refractivity contribution in [2.75, 3.05) is 7.11 Å². The van der Waals surface area contributed by atoms with Crippen LogP contribution in [-0.2, 0) is 25.1 Å². The number of nitrogens with zero attached hydrogens (tertiary/aromatic N) is 3. The highest BCUT2D eigenvalue weighted by Crippen LogP contribution is 2.38. The summed E-state index contributed by atoms with van der Waals surface area (Å²) in [6.45, 7) is 5.40. The van der Waals surface area contributed by atoms with Gasteiger partial charge in [-0.15, -0.1) is 21.5 Å². The fourth-order valence-electron chi connectivity index (χ4n) is 3.65. The smallest absolute Gasteiger partial charge is 0.191 e. The van der Waals surface area contributed by atoms with Crippen molar-refractivity contribution in [1.29, 1.82) is 0 Å². The van der Waals surface area contributed by atoms with Crippen molar-refractivity contribution in [2.24, 2.45) is 5.92 Å². The number of rotatable bonds is 6. The maximum Gasteiger partial charge on any atom is 0.191 e. The molecule has 0 aliphatic heterocycles. The van der Waals surface area contributed by atoms with Gasteiger partial charge in [0.1, 0.15) is 5.75 Å². The van der Waals surface area contributed by atoms with Gasteiger partial charge in [-0.1, -0.05) is 30.8 Å². The van der Waals surface area contributed by atoms with Crippen LogP contribution in [0.25, 0.3) is 11.4 Å². The third-order valence-corrected chi connectivity index (χ3v) is 7.27. The van der Waals surface area contributed by atoms with Crippen molar-refractivity contribution >= 4 is 23.1 Å². The van der Waals surface area contributed by atoms with E-state index in [-0.39, 0.29) is 0 Å². The Morgan fingerprint density at radius 3 is 3.04 bits per heavy atom. The number of hydrogen-bond donors (Lipinski definition) is 0. The molecule has 1 aromatic carbocycles. The zero-order valence-electron chi connectivity index (χ0n) is 16.1. The Hall–Kier alpha value is -1.79. The maximum atomic E-state index is 5.32. The average Bonchev–Trinajstić information content (AvgIpc) is 3.29. The number of methoxy groups -OCH3 is 1. The third-order valence-electron chi connectivity index (χ3n) is 5.18. The molecule has 0 N–H and O–H groups in total. The molecule has 0 bridgehead atoms. The summed E-state index contributed by atoms with van der Waals surface area (Å²) in [7, 11) is 1.70. The van der Waals surface area contributed by atoms with Crippen molar-refractivity contribution in [3.63, 3.8) is 0 Å². The molecular formula is C21H25N3OS2. The lowest BCUT2D eigenvalue weighted by atomic mass is 9.88. The minimum atomic E-state index is 0.794. The van der Waals surface area contributed by atoms with Gasteiger partial charge in [0.25, 0.3) is 0 Å². The molecule has 0 amide bonds. The van der Waals surface area contributed by atoms with Gasteiger partial charge in [-0.2, -0.15) is 0 Å². The molecule has 1 aliphatic rings. The van der Waals surface area contributed by atoms with Crippen molar-refractivity contribution in [3.8, 4) is 17.1 Å². The first-order valence-corrected chi connectivity index (χ1v) is 11.3. The molecule has 1 atom stereocenters. The molecule has 142 valence electrons. The van der Waals surface area contributed by atoms with Crippen LogP contribution in [0.1, 0.15) is 36.3 Å². The summed E-state index contributed by atoms with van der Waals surface area (Å²) in [5, 5.41) is 12.4. The Bertz CT molecular complexity index is 931. The summed E-state index contributed by atoms with van der Waals surface area (Å²) in [5.41, 5.74) is 4.03. The van der Waals surface area contributed by atoms with E-state index in [0.29, 0.717) is 0 Å². The van der Waals surface area contributed by atoms with Gasteiger partial charge in [-0.05, 0) is 55.4 Å². The Balaban J connectivity index is 1.57. The number of fused-ring (bicyclic) bond motifs is 1. The second-order valence-corrected chi connectivity index (χ2v) is 9.00. The van der Waals surface area contributed by atoms with Crippen LogP contribution in [0.2, 0.25) is 0 Å². The number of thiophene rings is 1. The monoisotopic (exact) mass is 399 g/mol. The fraction of sp³-hybridized carbons (Fsp3) is 0.429.